The molecule has 0 saturated carbocycles. The molecule has 0 saturated heterocycles. The highest BCUT2D eigenvalue weighted by Crippen LogP contribution is 2.34. The van der Waals surface area contributed by atoms with E-state index in [2.05, 4.69) is 5.32 Å². The molecule has 2 rings (SSSR count). The van der Waals surface area contributed by atoms with Gasteiger partial charge >= 0.3 is 6.18 Å². The number of nitrogens with zero attached hydrogens (tertiary/aromatic N) is 1. The lowest BCUT2D eigenvalue weighted by Crippen LogP contribution is -2.38. The van der Waals surface area contributed by atoms with E-state index in [9.17, 15) is 30.8 Å². The van der Waals surface area contributed by atoms with Gasteiger partial charge in [0.25, 0.3) is 0 Å². The maximum absolute atomic E-state index is 13.9. The molecule has 0 aliphatic carbocycles. The number of halogens is 5. The summed E-state index contributed by atoms with van der Waals surface area (Å²) in [7, 11) is -4.05. The number of nitrogens with one attached hydrogen (secondary N) is 1. The maximum Gasteiger partial charge on any atom is 0.416 e. The summed E-state index contributed by atoms with van der Waals surface area (Å²) in [5.41, 5.74) is -1.76. The zero-order valence-corrected chi connectivity index (χ0v) is 15.3. The number of benzene rings is 2. The number of alkyl halides is 3. The summed E-state index contributed by atoms with van der Waals surface area (Å²) < 4.78 is 76.6. The van der Waals surface area contributed by atoms with Crippen molar-refractivity contribution in [2.45, 2.75) is 6.18 Å². The fourth-order valence-electron chi connectivity index (χ4n) is 2.15. The zero-order chi connectivity index (χ0) is 20.4. The number of rotatable bonds is 5. The van der Waals surface area contributed by atoms with Gasteiger partial charge in [-0.1, -0.05) is 23.7 Å². The standard InChI is InChI=1S/C16H13ClF4N2O3S/c1-27(25,26)23(14-5-3-2-4-12(14)18)9-15(24)22-13-8-10(16(19,20)21)6-7-11(13)17/h2-8H,9H2,1H3,(H,22,24). The van der Waals surface area contributed by atoms with Crippen LogP contribution >= 0.6 is 11.6 Å². The van der Waals surface area contributed by atoms with E-state index in [1.165, 1.54) is 12.1 Å². The molecule has 0 spiro atoms. The SMILES string of the molecule is CS(=O)(=O)N(CC(=O)Nc1cc(C(F)(F)F)ccc1Cl)c1ccccc1F. The molecule has 5 nitrogen and oxygen atoms in total. The van der Waals surface area contributed by atoms with Crippen LogP contribution in [0.2, 0.25) is 5.02 Å². The quantitative estimate of drug-likeness (QED) is 0.740. The second kappa shape index (κ2) is 7.73. The van der Waals surface area contributed by atoms with Gasteiger partial charge in [-0.2, -0.15) is 13.2 Å². The second-order valence-electron chi connectivity index (χ2n) is 5.46. The van der Waals surface area contributed by atoms with E-state index in [1.54, 1.807) is 0 Å². The number of sulfonamides is 1. The van der Waals surface area contributed by atoms with Crippen molar-refractivity contribution in [3.05, 3.63) is 58.9 Å². The Morgan fingerprint density at radius 1 is 1.19 bits per heavy atom. The van der Waals surface area contributed by atoms with Crippen LogP contribution in [-0.2, 0) is 21.0 Å². The summed E-state index contributed by atoms with van der Waals surface area (Å²) in [6, 6.07) is 7.18. The van der Waals surface area contributed by atoms with E-state index in [-0.39, 0.29) is 16.4 Å². The predicted molar refractivity (Wildman–Crippen MR) is 93.7 cm³/mol. The van der Waals surface area contributed by atoms with E-state index < -0.39 is 40.0 Å². The molecule has 27 heavy (non-hydrogen) atoms. The first-order valence-electron chi connectivity index (χ1n) is 7.28. The third kappa shape index (κ3) is 5.33. The van der Waals surface area contributed by atoms with Crippen LogP contribution in [0.4, 0.5) is 28.9 Å². The maximum atomic E-state index is 13.9. The molecule has 2 aromatic carbocycles. The Morgan fingerprint density at radius 2 is 1.81 bits per heavy atom. The lowest BCUT2D eigenvalue weighted by molar-refractivity contribution is -0.137. The van der Waals surface area contributed by atoms with Gasteiger partial charge in [-0.15, -0.1) is 0 Å². The molecular formula is C16H13ClF4N2O3S. The van der Waals surface area contributed by atoms with Crippen LogP contribution in [0.3, 0.4) is 0 Å². The second-order valence-corrected chi connectivity index (χ2v) is 7.78. The van der Waals surface area contributed by atoms with Crippen LogP contribution in [-0.4, -0.2) is 27.1 Å². The Hall–Kier alpha value is -2.33. The van der Waals surface area contributed by atoms with Gasteiger partial charge in [0.05, 0.1) is 28.2 Å². The Morgan fingerprint density at radius 3 is 2.37 bits per heavy atom. The molecule has 0 bridgehead atoms. The Bertz CT molecular complexity index is 964. The van der Waals surface area contributed by atoms with Gasteiger partial charge in [-0.05, 0) is 30.3 Å². The van der Waals surface area contributed by atoms with Crippen molar-refractivity contribution in [3.8, 4) is 0 Å². The van der Waals surface area contributed by atoms with Gasteiger partial charge in [0.15, 0.2) is 0 Å². The topological polar surface area (TPSA) is 66.5 Å². The van der Waals surface area contributed by atoms with Gasteiger partial charge in [0.2, 0.25) is 15.9 Å². The van der Waals surface area contributed by atoms with Crippen LogP contribution in [0.25, 0.3) is 0 Å². The number of carbonyl (C=O) groups excluding carboxylic acids is 1. The monoisotopic (exact) mass is 424 g/mol. The highest BCUT2D eigenvalue weighted by Gasteiger charge is 2.31. The number of hydrogen-bond donors (Lipinski definition) is 1. The molecular weight excluding hydrogens is 412 g/mol. The molecule has 0 aromatic heterocycles. The molecule has 1 amide bonds. The van der Waals surface area contributed by atoms with Gasteiger partial charge in [0.1, 0.15) is 12.4 Å². The van der Waals surface area contributed by atoms with Crippen molar-refractivity contribution in [1.82, 2.24) is 0 Å². The van der Waals surface area contributed by atoms with E-state index in [4.69, 9.17) is 11.6 Å². The van der Waals surface area contributed by atoms with Crippen molar-refractivity contribution in [2.24, 2.45) is 0 Å². The Balaban J connectivity index is 2.29. The predicted octanol–water partition coefficient (Wildman–Crippen LogP) is 3.90. The molecule has 0 radical (unpaired) electrons. The Kier molecular flexibility index (Phi) is 6.01. The van der Waals surface area contributed by atoms with Crippen LogP contribution in [0.15, 0.2) is 42.5 Å². The summed E-state index contributed by atoms with van der Waals surface area (Å²) in [4.78, 5) is 12.2. The van der Waals surface area contributed by atoms with Crippen LogP contribution < -0.4 is 9.62 Å². The summed E-state index contributed by atoms with van der Waals surface area (Å²) >= 11 is 5.79. The van der Waals surface area contributed by atoms with E-state index in [0.717, 1.165) is 30.5 Å². The third-order valence-corrected chi connectivity index (χ3v) is 4.83. The van der Waals surface area contributed by atoms with Crippen molar-refractivity contribution in [2.75, 3.05) is 22.4 Å². The van der Waals surface area contributed by atoms with Crippen molar-refractivity contribution < 1.29 is 30.8 Å². The third-order valence-electron chi connectivity index (χ3n) is 3.38. The van der Waals surface area contributed by atoms with Crippen LogP contribution in [0, 0.1) is 5.82 Å². The van der Waals surface area contributed by atoms with Gasteiger partial charge in [-0.25, -0.2) is 12.8 Å². The van der Waals surface area contributed by atoms with Crippen LogP contribution in [0.5, 0.6) is 0 Å². The average molecular weight is 425 g/mol. The molecule has 1 N–H and O–H groups in total. The molecule has 0 atom stereocenters. The first-order chi connectivity index (χ1) is 12.4. The molecule has 0 heterocycles. The van der Waals surface area contributed by atoms with Gasteiger partial charge in [-0.3, -0.25) is 9.10 Å². The van der Waals surface area contributed by atoms with E-state index in [0.29, 0.717) is 10.4 Å². The number of anilines is 2. The van der Waals surface area contributed by atoms with E-state index in [1.807, 2.05) is 0 Å². The molecule has 0 aliphatic heterocycles. The minimum absolute atomic E-state index is 0.173. The minimum atomic E-state index is -4.66. The zero-order valence-electron chi connectivity index (χ0n) is 13.7. The highest BCUT2D eigenvalue weighted by atomic mass is 35.5. The van der Waals surface area contributed by atoms with Crippen molar-refractivity contribution in [3.63, 3.8) is 0 Å². The van der Waals surface area contributed by atoms with Crippen molar-refractivity contribution >= 4 is 38.9 Å². The summed E-state index contributed by atoms with van der Waals surface area (Å²) in [5, 5.41) is 1.94. The molecule has 146 valence electrons. The summed E-state index contributed by atoms with van der Waals surface area (Å²) in [6.45, 7) is -0.855. The number of carbonyl (C=O) groups is 1. The lowest BCUT2D eigenvalue weighted by atomic mass is 10.2. The number of hydrogen-bond acceptors (Lipinski definition) is 3. The normalized spacial score (nSPS) is 11.9. The summed E-state index contributed by atoms with van der Waals surface area (Å²) in [6.07, 6.45) is -3.89. The minimum Gasteiger partial charge on any atom is -0.323 e. The first-order valence-corrected chi connectivity index (χ1v) is 9.51. The molecule has 0 unspecified atom stereocenters. The smallest absolute Gasteiger partial charge is 0.323 e. The fourth-order valence-corrected chi connectivity index (χ4v) is 3.17. The number of para-hydroxylation sites is 1. The molecule has 0 aliphatic rings. The first kappa shape index (κ1) is 21.0. The fraction of sp³-hybridized carbons (Fsp3) is 0.188. The molecule has 0 fully saturated rings. The van der Waals surface area contributed by atoms with E-state index >= 15 is 0 Å². The average Bonchev–Trinajstić information content (AvgIpc) is 2.53. The van der Waals surface area contributed by atoms with Crippen LogP contribution in [0.1, 0.15) is 5.56 Å². The molecule has 11 heteroatoms. The Labute approximate surface area is 157 Å². The van der Waals surface area contributed by atoms with Gasteiger partial charge in [0, 0.05) is 0 Å². The highest BCUT2D eigenvalue weighted by molar-refractivity contribution is 7.92. The van der Waals surface area contributed by atoms with Gasteiger partial charge < -0.3 is 5.32 Å². The van der Waals surface area contributed by atoms with Crippen molar-refractivity contribution in [1.29, 1.82) is 0 Å². The number of amides is 1. The largest absolute Gasteiger partial charge is 0.416 e. The summed E-state index contributed by atoms with van der Waals surface area (Å²) in [5.74, 6) is -1.88. The lowest BCUT2D eigenvalue weighted by Gasteiger charge is -2.22. The molecule has 2 aromatic rings.